The predicted molar refractivity (Wildman–Crippen MR) is 160 cm³/mol. The van der Waals surface area contributed by atoms with Gasteiger partial charge in [-0.05, 0) is 62.4 Å². The second-order valence-corrected chi connectivity index (χ2v) is 11.3. The molecular weight excluding hydrogens is 476 g/mol. The van der Waals surface area contributed by atoms with Crippen molar-refractivity contribution in [1.29, 1.82) is 0 Å². The molecule has 184 valence electrons. The molecule has 9 rings (SSSR count). The van der Waals surface area contributed by atoms with E-state index in [1.165, 1.54) is 44.2 Å². The van der Waals surface area contributed by atoms with Crippen molar-refractivity contribution >= 4 is 32.7 Å². The van der Waals surface area contributed by atoms with Crippen LogP contribution >= 0.6 is 0 Å². The molecule has 2 nitrogen and oxygen atoms in total. The number of para-hydroxylation sites is 1. The zero-order valence-corrected chi connectivity index (χ0v) is 21.7. The molecule has 7 aromatic rings. The minimum Gasteiger partial charge on any atom is -0.453 e. The van der Waals surface area contributed by atoms with Gasteiger partial charge in [0.25, 0.3) is 0 Å². The van der Waals surface area contributed by atoms with Crippen LogP contribution in [0.15, 0.2) is 114 Å². The van der Waals surface area contributed by atoms with E-state index in [1.54, 1.807) is 0 Å². The number of ether oxygens (including phenoxy) is 1. The van der Waals surface area contributed by atoms with Crippen LogP contribution < -0.4 is 4.74 Å². The van der Waals surface area contributed by atoms with E-state index in [0.29, 0.717) is 0 Å². The smallest absolute Gasteiger partial charge is 0.178 e. The van der Waals surface area contributed by atoms with Crippen LogP contribution in [0.1, 0.15) is 25.0 Å². The number of fused-ring (bicyclic) bond motifs is 9. The fourth-order valence-corrected chi connectivity index (χ4v) is 6.96. The average Bonchev–Trinajstić information content (AvgIpc) is 3.51. The summed E-state index contributed by atoms with van der Waals surface area (Å²) in [6, 6.07) is 39.2. The maximum Gasteiger partial charge on any atom is 0.178 e. The van der Waals surface area contributed by atoms with E-state index in [1.807, 2.05) is 12.1 Å². The molecule has 0 bridgehead atoms. The Labute approximate surface area is 226 Å². The molecule has 0 saturated heterocycles. The second-order valence-electron chi connectivity index (χ2n) is 11.3. The number of furan rings is 1. The van der Waals surface area contributed by atoms with E-state index in [9.17, 15) is 0 Å². The predicted octanol–water partition coefficient (Wildman–Crippen LogP) is 10.5. The molecule has 39 heavy (non-hydrogen) atoms. The van der Waals surface area contributed by atoms with Crippen molar-refractivity contribution in [2.75, 3.05) is 0 Å². The number of hydrogen-bond acceptors (Lipinski definition) is 2. The van der Waals surface area contributed by atoms with Crippen molar-refractivity contribution in [1.82, 2.24) is 0 Å². The zero-order valence-electron chi connectivity index (χ0n) is 21.7. The largest absolute Gasteiger partial charge is 0.453 e. The molecule has 0 fully saturated rings. The third-order valence-electron chi connectivity index (χ3n) is 8.90. The normalized spacial score (nSPS) is 14.3. The van der Waals surface area contributed by atoms with Crippen molar-refractivity contribution in [2.24, 2.45) is 0 Å². The first-order chi connectivity index (χ1) is 19.1. The monoisotopic (exact) mass is 500 g/mol. The number of hydrogen-bond donors (Lipinski definition) is 0. The summed E-state index contributed by atoms with van der Waals surface area (Å²) in [6.07, 6.45) is 0. The van der Waals surface area contributed by atoms with Gasteiger partial charge >= 0.3 is 0 Å². The highest BCUT2D eigenvalue weighted by atomic mass is 16.5. The van der Waals surface area contributed by atoms with Crippen LogP contribution in [-0.2, 0) is 5.41 Å². The molecule has 1 aliphatic heterocycles. The third kappa shape index (κ3) is 2.66. The minimum atomic E-state index is -0.224. The van der Waals surface area contributed by atoms with Crippen molar-refractivity contribution in [3.8, 4) is 44.9 Å². The first-order valence-corrected chi connectivity index (χ1v) is 13.5. The Morgan fingerprint density at radius 3 is 2.10 bits per heavy atom. The first kappa shape index (κ1) is 21.2. The molecule has 0 saturated carbocycles. The number of rotatable bonds is 1. The van der Waals surface area contributed by atoms with Gasteiger partial charge in [0.15, 0.2) is 11.3 Å². The maximum absolute atomic E-state index is 6.75. The van der Waals surface area contributed by atoms with E-state index in [2.05, 4.69) is 111 Å². The molecule has 0 N–H and O–H groups in total. The summed E-state index contributed by atoms with van der Waals surface area (Å²) in [5.41, 5.74) is 11.5. The Morgan fingerprint density at radius 2 is 1.23 bits per heavy atom. The quantitative estimate of drug-likeness (QED) is 0.224. The summed E-state index contributed by atoms with van der Waals surface area (Å²) in [7, 11) is 0. The van der Waals surface area contributed by atoms with E-state index in [0.717, 1.165) is 44.6 Å². The van der Waals surface area contributed by atoms with Gasteiger partial charge in [0.2, 0.25) is 0 Å². The highest BCUT2D eigenvalue weighted by Crippen LogP contribution is 2.53. The Kier molecular flexibility index (Phi) is 3.89. The van der Waals surface area contributed by atoms with Gasteiger partial charge in [-0.1, -0.05) is 105 Å². The molecule has 0 unspecified atom stereocenters. The second kappa shape index (κ2) is 7.18. The molecule has 0 atom stereocenters. The SMILES string of the molecule is CC1(C)c2ccc(-c3ccc4c5c(cccc35)-c3ccccc3-4)cc2Oc2c1ccc1c2oc2ccccc21. The van der Waals surface area contributed by atoms with Crippen LogP contribution in [0.2, 0.25) is 0 Å². The Balaban J connectivity index is 1.25. The van der Waals surface area contributed by atoms with Crippen molar-refractivity contribution in [3.63, 3.8) is 0 Å². The standard InChI is InChI=1S/C37H24O2/c1-37(2)30-18-14-21(22-15-16-28-24-9-4-3-8-23(24)27-12-7-11-26(22)34(27)28)20-33(30)39-36-31(37)19-17-29-25-10-5-6-13-32(25)38-35(29)36/h3-20H,1-2H3. The lowest BCUT2D eigenvalue weighted by molar-refractivity contribution is 0.415. The van der Waals surface area contributed by atoms with E-state index >= 15 is 0 Å². The summed E-state index contributed by atoms with van der Waals surface area (Å²) in [4.78, 5) is 0. The first-order valence-electron chi connectivity index (χ1n) is 13.5. The third-order valence-corrected chi connectivity index (χ3v) is 8.90. The molecule has 1 aliphatic carbocycles. The van der Waals surface area contributed by atoms with E-state index < -0.39 is 0 Å². The summed E-state index contributed by atoms with van der Waals surface area (Å²) < 4.78 is 13.1. The maximum atomic E-state index is 6.75. The lowest BCUT2D eigenvalue weighted by atomic mass is 9.75. The summed E-state index contributed by atoms with van der Waals surface area (Å²) in [5, 5.41) is 4.82. The topological polar surface area (TPSA) is 22.4 Å². The van der Waals surface area contributed by atoms with Crippen LogP contribution in [0.3, 0.4) is 0 Å². The molecule has 1 aromatic heterocycles. The van der Waals surface area contributed by atoms with Crippen LogP contribution in [0, 0.1) is 0 Å². The molecule has 0 spiro atoms. The summed E-state index contributed by atoms with van der Waals surface area (Å²) in [6.45, 7) is 4.55. The van der Waals surface area contributed by atoms with E-state index in [4.69, 9.17) is 9.15 Å². The highest BCUT2D eigenvalue weighted by molar-refractivity contribution is 6.18. The van der Waals surface area contributed by atoms with Gasteiger partial charge < -0.3 is 9.15 Å². The van der Waals surface area contributed by atoms with Crippen LogP contribution in [-0.4, -0.2) is 0 Å². The van der Waals surface area contributed by atoms with E-state index in [-0.39, 0.29) is 5.41 Å². The highest BCUT2D eigenvalue weighted by Gasteiger charge is 2.36. The van der Waals surface area contributed by atoms with Crippen molar-refractivity contribution < 1.29 is 9.15 Å². The Bertz CT molecular complexity index is 2150. The van der Waals surface area contributed by atoms with Gasteiger partial charge in [0.1, 0.15) is 11.3 Å². The van der Waals surface area contributed by atoms with Gasteiger partial charge in [-0.3, -0.25) is 0 Å². The van der Waals surface area contributed by atoms with Gasteiger partial charge in [-0.2, -0.15) is 0 Å². The molecular formula is C37H24O2. The molecule has 0 amide bonds. The fourth-order valence-electron chi connectivity index (χ4n) is 6.96. The molecule has 2 heteroatoms. The van der Waals surface area contributed by atoms with Crippen molar-refractivity contribution in [2.45, 2.75) is 19.3 Å². The number of benzene rings is 6. The Hall–Kier alpha value is -4.82. The van der Waals surface area contributed by atoms with Gasteiger partial charge in [-0.15, -0.1) is 0 Å². The molecule has 2 heterocycles. The van der Waals surface area contributed by atoms with Crippen LogP contribution in [0.4, 0.5) is 0 Å². The lowest BCUT2D eigenvalue weighted by Gasteiger charge is -2.34. The van der Waals surface area contributed by atoms with Crippen LogP contribution in [0.25, 0.3) is 66.1 Å². The molecule has 0 radical (unpaired) electrons. The van der Waals surface area contributed by atoms with Gasteiger partial charge in [-0.25, -0.2) is 0 Å². The van der Waals surface area contributed by atoms with Crippen molar-refractivity contribution in [3.05, 3.63) is 120 Å². The summed E-state index contributed by atoms with van der Waals surface area (Å²) >= 11 is 0. The van der Waals surface area contributed by atoms with Gasteiger partial charge in [0, 0.05) is 27.3 Å². The summed E-state index contributed by atoms with van der Waals surface area (Å²) in [5.74, 6) is 1.72. The molecule has 6 aromatic carbocycles. The minimum absolute atomic E-state index is 0.224. The average molecular weight is 501 g/mol. The zero-order chi connectivity index (χ0) is 25.9. The van der Waals surface area contributed by atoms with Crippen LogP contribution in [0.5, 0.6) is 11.5 Å². The van der Waals surface area contributed by atoms with Gasteiger partial charge in [0.05, 0.1) is 0 Å². The fraction of sp³-hybridized carbons (Fsp3) is 0.0811. The lowest BCUT2D eigenvalue weighted by Crippen LogP contribution is -2.24. The Morgan fingerprint density at radius 1 is 0.538 bits per heavy atom. The molecule has 2 aliphatic rings.